The summed E-state index contributed by atoms with van der Waals surface area (Å²) < 4.78 is 11.0. The molecule has 2 aromatic rings. The molecule has 4 N–H and O–H groups in total. The minimum absolute atomic E-state index is 0.0765. The van der Waals surface area contributed by atoms with Crippen LogP contribution in [-0.4, -0.2) is 16.8 Å². The van der Waals surface area contributed by atoms with Crippen molar-refractivity contribution in [1.29, 1.82) is 0 Å². The second kappa shape index (κ2) is 7.23. The van der Waals surface area contributed by atoms with E-state index in [1.165, 1.54) is 0 Å². The van der Waals surface area contributed by atoms with Crippen LogP contribution in [0.15, 0.2) is 42.5 Å². The molecule has 0 fully saturated rings. The third-order valence-corrected chi connectivity index (χ3v) is 2.97. The maximum Gasteiger partial charge on any atom is 0.412 e. The zero-order valence-electron chi connectivity index (χ0n) is 14.0. The van der Waals surface area contributed by atoms with E-state index in [0.717, 1.165) is 5.56 Å². The largest absolute Gasteiger partial charge is 0.455 e. The Labute approximate surface area is 141 Å². The molecule has 0 spiro atoms. The van der Waals surface area contributed by atoms with Gasteiger partial charge >= 0.3 is 6.09 Å². The van der Waals surface area contributed by atoms with Gasteiger partial charge in [-0.15, -0.1) is 0 Å². The molecule has 0 heterocycles. The van der Waals surface area contributed by atoms with Gasteiger partial charge < -0.3 is 20.3 Å². The monoisotopic (exact) mass is 330 g/mol. The molecule has 128 valence electrons. The van der Waals surface area contributed by atoms with Crippen molar-refractivity contribution < 1.29 is 19.4 Å². The van der Waals surface area contributed by atoms with E-state index in [0.29, 0.717) is 22.9 Å². The normalized spacial score (nSPS) is 11.0. The van der Waals surface area contributed by atoms with Crippen molar-refractivity contribution in [2.45, 2.75) is 33.0 Å². The summed E-state index contributed by atoms with van der Waals surface area (Å²) in [7, 11) is 0. The number of benzene rings is 2. The Balaban J connectivity index is 2.14. The summed E-state index contributed by atoms with van der Waals surface area (Å²) >= 11 is 0. The van der Waals surface area contributed by atoms with Crippen molar-refractivity contribution in [2.24, 2.45) is 0 Å². The zero-order valence-corrected chi connectivity index (χ0v) is 14.0. The highest BCUT2D eigenvalue weighted by Gasteiger charge is 2.16. The van der Waals surface area contributed by atoms with E-state index in [4.69, 9.17) is 15.2 Å². The van der Waals surface area contributed by atoms with Gasteiger partial charge in [0.05, 0.1) is 12.3 Å². The van der Waals surface area contributed by atoms with Crippen LogP contribution in [0.4, 0.5) is 16.2 Å². The summed E-state index contributed by atoms with van der Waals surface area (Å²) in [5, 5.41) is 11.8. The fraction of sp³-hybridized carbons (Fsp3) is 0.278. The minimum atomic E-state index is -0.581. The predicted octanol–water partition coefficient (Wildman–Crippen LogP) is 3.90. The molecule has 1 amide bonds. The van der Waals surface area contributed by atoms with Gasteiger partial charge in [0.2, 0.25) is 0 Å². The van der Waals surface area contributed by atoms with Crippen LogP contribution in [0.5, 0.6) is 11.5 Å². The van der Waals surface area contributed by atoms with Crippen molar-refractivity contribution in [1.82, 2.24) is 0 Å². The van der Waals surface area contributed by atoms with Crippen LogP contribution in [0.25, 0.3) is 0 Å². The van der Waals surface area contributed by atoms with Gasteiger partial charge in [0.25, 0.3) is 0 Å². The topological polar surface area (TPSA) is 93.8 Å². The highest BCUT2D eigenvalue weighted by Crippen LogP contribution is 2.31. The lowest BCUT2D eigenvalue weighted by atomic mass is 10.2. The SMILES string of the molecule is CC(C)(C)OC(=O)Nc1ccc(N)c(Oc2cccc(CO)c2)c1. The number of rotatable bonds is 4. The summed E-state index contributed by atoms with van der Waals surface area (Å²) in [6.45, 7) is 5.29. The Morgan fingerprint density at radius 1 is 1.21 bits per heavy atom. The number of hydrogen-bond donors (Lipinski definition) is 3. The van der Waals surface area contributed by atoms with Gasteiger partial charge in [-0.2, -0.15) is 0 Å². The molecule has 0 aromatic heterocycles. The van der Waals surface area contributed by atoms with E-state index in [9.17, 15) is 9.90 Å². The molecule has 0 aliphatic heterocycles. The van der Waals surface area contributed by atoms with Crippen LogP contribution in [-0.2, 0) is 11.3 Å². The Morgan fingerprint density at radius 2 is 1.96 bits per heavy atom. The number of ether oxygens (including phenoxy) is 2. The van der Waals surface area contributed by atoms with Gasteiger partial charge in [-0.05, 0) is 50.6 Å². The van der Waals surface area contributed by atoms with Crippen molar-refractivity contribution in [2.75, 3.05) is 11.1 Å². The third-order valence-electron chi connectivity index (χ3n) is 2.97. The van der Waals surface area contributed by atoms with Gasteiger partial charge in [0.1, 0.15) is 11.4 Å². The standard InChI is InChI=1S/C18H22N2O4/c1-18(2,3)24-17(22)20-13-7-8-15(19)16(10-13)23-14-6-4-5-12(9-14)11-21/h4-10,21H,11,19H2,1-3H3,(H,20,22). The number of aliphatic hydroxyl groups is 1. The Kier molecular flexibility index (Phi) is 5.31. The predicted molar refractivity (Wildman–Crippen MR) is 93.1 cm³/mol. The number of hydrogen-bond acceptors (Lipinski definition) is 5. The summed E-state index contributed by atoms with van der Waals surface area (Å²) in [4.78, 5) is 11.8. The summed E-state index contributed by atoms with van der Waals surface area (Å²) in [6, 6.07) is 12.0. The van der Waals surface area contributed by atoms with Crippen LogP contribution in [0.2, 0.25) is 0 Å². The number of nitrogens with one attached hydrogen (secondary N) is 1. The molecule has 24 heavy (non-hydrogen) atoms. The molecule has 6 nitrogen and oxygen atoms in total. The van der Waals surface area contributed by atoms with Crippen LogP contribution >= 0.6 is 0 Å². The lowest BCUT2D eigenvalue weighted by Gasteiger charge is -2.20. The van der Waals surface area contributed by atoms with Crippen molar-refractivity contribution in [3.05, 3.63) is 48.0 Å². The van der Waals surface area contributed by atoms with E-state index in [1.807, 2.05) is 0 Å². The quantitative estimate of drug-likeness (QED) is 0.739. The molecule has 2 aromatic carbocycles. The maximum absolute atomic E-state index is 11.8. The number of anilines is 2. The number of aliphatic hydroxyl groups excluding tert-OH is 1. The summed E-state index contributed by atoms with van der Waals surface area (Å²) in [5.74, 6) is 0.946. The number of amides is 1. The van der Waals surface area contributed by atoms with E-state index in [2.05, 4.69) is 5.32 Å². The highest BCUT2D eigenvalue weighted by molar-refractivity contribution is 5.85. The molecular formula is C18H22N2O4. The first-order chi connectivity index (χ1) is 11.3. The summed E-state index contributed by atoms with van der Waals surface area (Å²) in [5.41, 5.74) is 7.01. The number of nitrogens with two attached hydrogens (primary N) is 1. The molecule has 2 rings (SSSR count). The van der Waals surface area contributed by atoms with Gasteiger partial charge in [-0.1, -0.05) is 12.1 Å². The van der Waals surface area contributed by atoms with Crippen molar-refractivity contribution in [3.63, 3.8) is 0 Å². The van der Waals surface area contributed by atoms with Crippen LogP contribution < -0.4 is 15.8 Å². The molecule has 0 atom stereocenters. The maximum atomic E-state index is 11.8. The van der Waals surface area contributed by atoms with Crippen LogP contribution in [0, 0.1) is 0 Å². The minimum Gasteiger partial charge on any atom is -0.455 e. The lowest BCUT2D eigenvalue weighted by Crippen LogP contribution is -2.27. The number of nitrogen functional groups attached to an aromatic ring is 1. The Morgan fingerprint density at radius 3 is 2.62 bits per heavy atom. The van der Waals surface area contributed by atoms with Crippen molar-refractivity contribution >= 4 is 17.5 Å². The molecule has 0 unspecified atom stereocenters. The first-order valence-corrected chi connectivity index (χ1v) is 7.54. The Hall–Kier alpha value is -2.73. The number of carbonyl (C=O) groups excluding carboxylic acids is 1. The first kappa shape index (κ1) is 17.6. The molecule has 6 heteroatoms. The lowest BCUT2D eigenvalue weighted by molar-refractivity contribution is 0.0636. The summed E-state index contributed by atoms with van der Waals surface area (Å²) in [6.07, 6.45) is -0.555. The van der Waals surface area contributed by atoms with Crippen LogP contribution in [0.1, 0.15) is 26.3 Å². The fourth-order valence-electron chi connectivity index (χ4n) is 1.96. The molecule has 0 radical (unpaired) electrons. The second-order valence-corrected chi connectivity index (χ2v) is 6.29. The Bertz CT molecular complexity index is 723. The molecule has 0 saturated carbocycles. The highest BCUT2D eigenvalue weighted by atomic mass is 16.6. The molecule has 0 aliphatic rings. The van der Waals surface area contributed by atoms with Crippen LogP contribution in [0.3, 0.4) is 0 Å². The fourth-order valence-corrected chi connectivity index (χ4v) is 1.96. The van der Waals surface area contributed by atoms with Gasteiger partial charge in [0, 0.05) is 11.8 Å². The smallest absolute Gasteiger partial charge is 0.412 e. The molecule has 0 aliphatic carbocycles. The first-order valence-electron chi connectivity index (χ1n) is 7.54. The van der Waals surface area contributed by atoms with E-state index in [1.54, 1.807) is 63.2 Å². The second-order valence-electron chi connectivity index (χ2n) is 6.29. The van der Waals surface area contributed by atoms with E-state index < -0.39 is 11.7 Å². The van der Waals surface area contributed by atoms with Gasteiger partial charge in [-0.25, -0.2) is 4.79 Å². The zero-order chi connectivity index (χ0) is 17.7. The van der Waals surface area contributed by atoms with Gasteiger partial charge in [-0.3, -0.25) is 5.32 Å². The van der Waals surface area contributed by atoms with E-state index >= 15 is 0 Å². The van der Waals surface area contributed by atoms with E-state index in [-0.39, 0.29) is 6.61 Å². The van der Waals surface area contributed by atoms with Gasteiger partial charge in [0.15, 0.2) is 5.75 Å². The molecular weight excluding hydrogens is 308 g/mol. The number of carbonyl (C=O) groups is 1. The van der Waals surface area contributed by atoms with Crippen molar-refractivity contribution in [3.8, 4) is 11.5 Å². The third kappa shape index (κ3) is 5.17. The average molecular weight is 330 g/mol. The average Bonchev–Trinajstić information content (AvgIpc) is 2.49. The molecule has 0 saturated heterocycles. The molecule has 0 bridgehead atoms.